The molecular formula is C22H26N2O4S. The molecule has 3 rings (SSSR count). The first-order valence-corrected chi connectivity index (χ1v) is 10.9. The Morgan fingerprint density at radius 2 is 1.90 bits per heavy atom. The molecule has 0 bridgehead atoms. The fraction of sp³-hybridized carbons (Fsp3) is 0.318. The molecule has 0 saturated carbocycles. The van der Waals surface area contributed by atoms with Gasteiger partial charge in [-0.05, 0) is 42.7 Å². The summed E-state index contributed by atoms with van der Waals surface area (Å²) >= 11 is -1.29. The summed E-state index contributed by atoms with van der Waals surface area (Å²) in [7, 11) is 1.61. The average molecular weight is 415 g/mol. The van der Waals surface area contributed by atoms with Crippen molar-refractivity contribution in [3.05, 3.63) is 71.1 Å². The number of aliphatic hydroxyl groups is 1. The van der Waals surface area contributed by atoms with E-state index in [1.54, 1.807) is 7.11 Å². The Labute approximate surface area is 174 Å². The van der Waals surface area contributed by atoms with Crippen LogP contribution in [0, 0.1) is 13.8 Å². The predicted molar refractivity (Wildman–Crippen MR) is 114 cm³/mol. The van der Waals surface area contributed by atoms with E-state index in [-0.39, 0.29) is 11.5 Å². The molecule has 2 unspecified atom stereocenters. The van der Waals surface area contributed by atoms with E-state index in [9.17, 15) is 9.66 Å². The van der Waals surface area contributed by atoms with Gasteiger partial charge in [0, 0.05) is 17.7 Å². The zero-order valence-corrected chi connectivity index (χ0v) is 17.7. The lowest BCUT2D eigenvalue weighted by Crippen LogP contribution is -2.35. The van der Waals surface area contributed by atoms with Crippen molar-refractivity contribution in [2.45, 2.75) is 32.4 Å². The molecule has 0 aliphatic rings. The van der Waals surface area contributed by atoms with Gasteiger partial charge in [0.25, 0.3) is 0 Å². The molecule has 29 heavy (non-hydrogen) atoms. The van der Waals surface area contributed by atoms with Crippen molar-refractivity contribution < 1.29 is 18.8 Å². The number of aryl methyl sites for hydroxylation is 2. The summed E-state index contributed by atoms with van der Waals surface area (Å²) in [4.78, 5) is 4.53. The monoisotopic (exact) mass is 414 g/mol. The Morgan fingerprint density at radius 1 is 1.17 bits per heavy atom. The third-order valence-corrected chi connectivity index (χ3v) is 5.91. The Bertz CT molecular complexity index is 944. The van der Waals surface area contributed by atoms with Crippen LogP contribution in [0.4, 0.5) is 0 Å². The van der Waals surface area contributed by atoms with Crippen LogP contribution in [0.25, 0.3) is 11.5 Å². The van der Waals surface area contributed by atoms with Crippen molar-refractivity contribution in [2.24, 2.45) is 0 Å². The van der Waals surface area contributed by atoms with E-state index < -0.39 is 17.4 Å². The average Bonchev–Trinajstić information content (AvgIpc) is 3.06. The maximum Gasteiger partial charge on any atom is 0.226 e. The Kier molecular flexibility index (Phi) is 7.33. The van der Waals surface area contributed by atoms with Gasteiger partial charge >= 0.3 is 0 Å². The molecule has 0 amide bonds. The molecule has 2 N–H and O–H groups in total. The Hall–Kier alpha value is -2.32. The largest absolute Gasteiger partial charge is 0.616 e. The number of para-hydroxylation sites is 1. The molecule has 6 nitrogen and oxygen atoms in total. The molecule has 0 spiro atoms. The molecule has 0 aliphatic heterocycles. The van der Waals surface area contributed by atoms with E-state index >= 15 is 0 Å². The minimum atomic E-state index is -1.29. The van der Waals surface area contributed by atoms with Gasteiger partial charge in [0.1, 0.15) is 29.2 Å². The maximum absolute atomic E-state index is 12.5. The van der Waals surface area contributed by atoms with E-state index in [2.05, 4.69) is 10.3 Å². The molecule has 3 aromatic rings. The van der Waals surface area contributed by atoms with Gasteiger partial charge in [0.05, 0.1) is 7.11 Å². The van der Waals surface area contributed by atoms with Crippen LogP contribution in [-0.4, -0.2) is 33.7 Å². The number of nitrogens with zero attached hydrogens (tertiary/aromatic N) is 1. The lowest BCUT2D eigenvalue weighted by molar-refractivity contribution is 0.157. The number of aromatic nitrogens is 1. The Balaban J connectivity index is 1.56. The van der Waals surface area contributed by atoms with Crippen LogP contribution >= 0.6 is 0 Å². The topological polar surface area (TPSA) is 90.6 Å². The molecule has 7 heteroatoms. The summed E-state index contributed by atoms with van der Waals surface area (Å²) in [5.41, 5.74) is 3.57. The van der Waals surface area contributed by atoms with Crippen molar-refractivity contribution in [1.82, 2.24) is 10.3 Å². The number of ether oxygens (including phenoxy) is 1. The van der Waals surface area contributed by atoms with Gasteiger partial charge in [-0.2, -0.15) is 0 Å². The number of methoxy groups -OCH3 is 1. The molecule has 154 valence electrons. The van der Waals surface area contributed by atoms with E-state index in [0.29, 0.717) is 23.9 Å². The van der Waals surface area contributed by atoms with Gasteiger partial charge < -0.3 is 18.8 Å². The molecular weight excluding hydrogens is 388 g/mol. The standard InChI is InChI=1S/C22H26N2O4S/c1-15-8-4-6-10-18(15)22-24-19(16(2)28-22)13-29(26)14-21(25)23-12-17-9-5-7-11-20(17)27-3/h4-11,21,23,25H,12-14H2,1-3H3. The first kappa shape index (κ1) is 21.4. The van der Waals surface area contributed by atoms with Crippen molar-refractivity contribution in [2.75, 3.05) is 12.9 Å². The quantitative estimate of drug-likeness (QED) is 0.412. The molecule has 2 atom stereocenters. The van der Waals surface area contributed by atoms with E-state index in [1.165, 1.54) is 0 Å². The van der Waals surface area contributed by atoms with Crippen LogP contribution in [0.3, 0.4) is 0 Å². The molecule has 1 heterocycles. The van der Waals surface area contributed by atoms with Crippen LogP contribution in [0.2, 0.25) is 0 Å². The summed E-state index contributed by atoms with van der Waals surface area (Å²) < 4.78 is 23.6. The Morgan fingerprint density at radius 3 is 2.66 bits per heavy atom. The number of benzene rings is 2. The van der Waals surface area contributed by atoms with E-state index in [1.807, 2.05) is 62.4 Å². The van der Waals surface area contributed by atoms with Gasteiger partial charge in [0.15, 0.2) is 5.75 Å². The van der Waals surface area contributed by atoms with Gasteiger partial charge in [-0.3, -0.25) is 5.32 Å². The lowest BCUT2D eigenvalue weighted by atomic mass is 10.1. The fourth-order valence-electron chi connectivity index (χ4n) is 3.01. The first-order chi connectivity index (χ1) is 14.0. The molecule has 2 aromatic carbocycles. The third-order valence-electron chi connectivity index (χ3n) is 4.63. The normalized spacial score (nSPS) is 13.3. The van der Waals surface area contributed by atoms with Crippen LogP contribution in [0.5, 0.6) is 5.75 Å². The SMILES string of the molecule is COc1ccccc1CNC(O)C[S+]([O-])Cc1nc(-c2ccccc2C)oc1C. The van der Waals surface area contributed by atoms with Crippen molar-refractivity contribution in [1.29, 1.82) is 0 Å². The lowest BCUT2D eigenvalue weighted by Gasteiger charge is -2.16. The highest BCUT2D eigenvalue weighted by atomic mass is 32.2. The molecule has 1 aromatic heterocycles. The zero-order chi connectivity index (χ0) is 20.8. The van der Waals surface area contributed by atoms with Crippen LogP contribution < -0.4 is 10.1 Å². The van der Waals surface area contributed by atoms with Crippen LogP contribution in [-0.2, 0) is 23.5 Å². The second-order valence-electron chi connectivity index (χ2n) is 6.80. The number of nitrogens with one attached hydrogen (secondary N) is 1. The summed E-state index contributed by atoms with van der Waals surface area (Å²) in [6, 6.07) is 15.4. The van der Waals surface area contributed by atoms with Crippen LogP contribution in [0.1, 0.15) is 22.6 Å². The van der Waals surface area contributed by atoms with Gasteiger partial charge in [0.2, 0.25) is 5.89 Å². The van der Waals surface area contributed by atoms with Gasteiger partial charge in [-0.1, -0.05) is 36.4 Å². The maximum atomic E-state index is 12.5. The second-order valence-corrected chi connectivity index (χ2v) is 8.30. The highest BCUT2D eigenvalue weighted by molar-refractivity contribution is 7.90. The minimum Gasteiger partial charge on any atom is -0.616 e. The zero-order valence-electron chi connectivity index (χ0n) is 16.8. The van der Waals surface area contributed by atoms with E-state index in [0.717, 1.165) is 22.4 Å². The number of rotatable bonds is 9. The fourth-order valence-corrected chi connectivity index (χ4v) is 4.17. The summed E-state index contributed by atoms with van der Waals surface area (Å²) in [5, 5.41) is 13.2. The van der Waals surface area contributed by atoms with Crippen molar-refractivity contribution in [3.63, 3.8) is 0 Å². The number of aliphatic hydroxyl groups excluding tert-OH is 1. The first-order valence-electron chi connectivity index (χ1n) is 9.38. The molecule has 0 aliphatic carbocycles. The summed E-state index contributed by atoms with van der Waals surface area (Å²) in [6.45, 7) is 4.23. The molecule has 0 fully saturated rings. The highest BCUT2D eigenvalue weighted by Gasteiger charge is 2.20. The van der Waals surface area contributed by atoms with Gasteiger partial charge in [-0.25, -0.2) is 4.98 Å². The number of hydrogen-bond donors (Lipinski definition) is 2. The van der Waals surface area contributed by atoms with Crippen LogP contribution in [0.15, 0.2) is 52.9 Å². The van der Waals surface area contributed by atoms with Crippen molar-refractivity contribution >= 4 is 11.2 Å². The van der Waals surface area contributed by atoms with Crippen molar-refractivity contribution in [3.8, 4) is 17.2 Å². The third kappa shape index (κ3) is 5.61. The van der Waals surface area contributed by atoms with E-state index in [4.69, 9.17) is 9.15 Å². The molecule has 0 saturated heterocycles. The second kappa shape index (κ2) is 9.93. The molecule has 0 radical (unpaired) electrons. The predicted octanol–water partition coefficient (Wildman–Crippen LogP) is 3.32. The summed E-state index contributed by atoms with van der Waals surface area (Å²) in [6.07, 6.45) is -0.899. The highest BCUT2D eigenvalue weighted by Crippen LogP contribution is 2.25. The number of hydrogen-bond acceptors (Lipinski definition) is 6. The smallest absolute Gasteiger partial charge is 0.226 e. The number of oxazole rings is 1. The summed E-state index contributed by atoms with van der Waals surface area (Å²) in [5.74, 6) is 2.25. The van der Waals surface area contributed by atoms with Gasteiger partial charge in [-0.15, -0.1) is 0 Å². The minimum absolute atomic E-state index is 0.0984.